The molecule has 7 heteroatoms. The van der Waals surface area contributed by atoms with E-state index in [-0.39, 0.29) is 12.5 Å². The van der Waals surface area contributed by atoms with E-state index in [4.69, 9.17) is 14.2 Å². The standard InChI is InChI=1S/C24H27N3O4/c1-5-7-17-10-11-20(21(14-17)30-4)31-16-22(28)26-23(24-25-12-13-27(24)2)18-8-6-9-19(15-18)29-3/h5-15,23H,16H2,1-4H3,(H,26,28)/b7-5+. The largest absolute Gasteiger partial charge is 0.497 e. The lowest BCUT2D eigenvalue weighted by molar-refractivity contribution is -0.123. The lowest BCUT2D eigenvalue weighted by atomic mass is 10.1. The van der Waals surface area contributed by atoms with Gasteiger partial charge in [0, 0.05) is 19.4 Å². The Balaban J connectivity index is 1.76. The Kier molecular flexibility index (Phi) is 7.32. The minimum atomic E-state index is -0.454. The highest BCUT2D eigenvalue weighted by Gasteiger charge is 2.22. The van der Waals surface area contributed by atoms with Gasteiger partial charge in [0.05, 0.1) is 14.2 Å². The molecule has 3 rings (SSSR count). The number of carbonyl (C=O) groups is 1. The van der Waals surface area contributed by atoms with E-state index >= 15 is 0 Å². The van der Waals surface area contributed by atoms with E-state index in [1.165, 1.54) is 0 Å². The summed E-state index contributed by atoms with van der Waals surface area (Å²) in [6.07, 6.45) is 7.44. The Bertz CT molecular complexity index is 1060. The number of allylic oxidation sites excluding steroid dienone is 1. The molecule has 0 saturated heterocycles. The zero-order chi connectivity index (χ0) is 22.2. The van der Waals surface area contributed by atoms with Gasteiger partial charge in [-0.1, -0.05) is 30.4 Å². The fraction of sp³-hybridized carbons (Fsp3) is 0.250. The molecule has 1 aromatic heterocycles. The van der Waals surface area contributed by atoms with Gasteiger partial charge in [0.2, 0.25) is 0 Å². The molecule has 0 aliphatic carbocycles. The monoisotopic (exact) mass is 421 g/mol. The zero-order valence-electron chi connectivity index (χ0n) is 18.2. The normalized spacial score (nSPS) is 11.9. The van der Waals surface area contributed by atoms with Crippen LogP contribution in [0.2, 0.25) is 0 Å². The highest BCUT2D eigenvalue weighted by Crippen LogP contribution is 2.29. The number of benzene rings is 2. The highest BCUT2D eigenvalue weighted by atomic mass is 16.5. The van der Waals surface area contributed by atoms with E-state index in [1.807, 2.05) is 73.3 Å². The summed E-state index contributed by atoms with van der Waals surface area (Å²) in [7, 11) is 5.06. The first kappa shape index (κ1) is 22.0. The number of aromatic nitrogens is 2. The molecule has 0 spiro atoms. The average molecular weight is 421 g/mol. The summed E-state index contributed by atoms with van der Waals surface area (Å²) in [4.78, 5) is 17.2. The lowest BCUT2D eigenvalue weighted by Crippen LogP contribution is -2.34. The summed E-state index contributed by atoms with van der Waals surface area (Å²) in [6, 6.07) is 12.6. The molecule has 31 heavy (non-hydrogen) atoms. The van der Waals surface area contributed by atoms with Crippen LogP contribution in [0.1, 0.15) is 29.9 Å². The number of methoxy groups -OCH3 is 2. The fourth-order valence-corrected chi connectivity index (χ4v) is 3.22. The van der Waals surface area contributed by atoms with Gasteiger partial charge >= 0.3 is 0 Å². The SMILES string of the molecule is C/C=C/c1ccc(OCC(=O)NC(c2cccc(OC)c2)c2nccn2C)c(OC)c1. The van der Waals surface area contributed by atoms with Crippen molar-refractivity contribution in [3.05, 3.63) is 77.9 Å². The number of amides is 1. The number of carbonyl (C=O) groups excluding carboxylic acids is 1. The van der Waals surface area contributed by atoms with Crippen molar-refractivity contribution in [1.29, 1.82) is 0 Å². The van der Waals surface area contributed by atoms with Gasteiger partial charge in [0.15, 0.2) is 18.1 Å². The summed E-state index contributed by atoms with van der Waals surface area (Å²) in [5.41, 5.74) is 1.85. The van der Waals surface area contributed by atoms with Crippen LogP contribution in [0.15, 0.2) is 60.9 Å². The first-order valence-electron chi connectivity index (χ1n) is 9.89. The fourth-order valence-electron chi connectivity index (χ4n) is 3.22. The van der Waals surface area contributed by atoms with Crippen molar-refractivity contribution < 1.29 is 19.0 Å². The maximum Gasteiger partial charge on any atom is 0.258 e. The maximum atomic E-state index is 12.8. The summed E-state index contributed by atoms with van der Waals surface area (Å²) in [6.45, 7) is 1.78. The van der Waals surface area contributed by atoms with Crippen LogP contribution in [-0.4, -0.2) is 36.3 Å². The molecule has 2 aromatic carbocycles. The summed E-state index contributed by atoms with van der Waals surface area (Å²) in [5.74, 6) is 2.19. The Morgan fingerprint density at radius 1 is 1.16 bits per heavy atom. The maximum absolute atomic E-state index is 12.8. The van der Waals surface area contributed by atoms with Gasteiger partial charge in [-0.15, -0.1) is 0 Å². The zero-order valence-corrected chi connectivity index (χ0v) is 18.2. The van der Waals surface area contributed by atoms with Gasteiger partial charge in [0.25, 0.3) is 5.91 Å². The molecule has 0 aliphatic heterocycles. The van der Waals surface area contributed by atoms with E-state index < -0.39 is 6.04 Å². The molecule has 7 nitrogen and oxygen atoms in total. The number of hydrogen-bond acceptors (Lipinski definition) is 5. The Morgan fingerprint density at radius 2 is 2.00 bits per heavy atom. The Labute approximate surface area is 182 Å². The Hall–Kier alpha value is -3.74. The van der Waals surface area contributed by atoms with Crippen LogP contribution < -0.4 is 19.5 Å². The van der Waals surface area contributed by atoms with E-state index in [9.17, 15) is 4.79 Å². The van der Waals surface area contributed by atoms with Crippen LogP contribution in [0.3, 0.4) is 0 Å². The molecule has 162 valence electrons. The van der Waals surface area contributed by atoms with Gasteiger partial charge in [-0.25, -0.2) is 4.98 Å². The van der Waals surface area contributed by atoms with E-state index in [0.717, 1.165) is 11.1 Å². The minimum absolute atomic E-state index is 0.162. The second-order valence-electron chi connectivity index (χ2n) is 6.87. The summed E-state index contributed by atoms with van der Waals surface area (Å²) >= 11 is 0. The van der Waals surface area contributed by atoms with Crippen LogP contribution in [0.5, 0.6) is 17.2 Å². The third-order valence-electron chi connectivity index (χ3n) is 4.75. The summed E-state index contributed by atoms with van der Waals surface area (Å²) < 4.78 is 18.3. The highest BCUT2D eigenvalue weighted by molar-refractivity contribution is 5.78. The van der Waals surface area contributed by atoms with Crippen molar-refractivity contribution >= 4 is 12.0 Å². The molecule has 0 fully saturated rings. The van der Waals surface area contributed by atoms with Crippen LogP contribution in [0, 0.1) is 0 Å². The molecule has 1 N–H and O–H groups in total. The molecular weight excluding hydrogens is 394 g/mol. The lowest BCUT2D eigenvalue weighted by Gasteiger charge is -2.20. The van der Waals surface area contributed by atoms with Crippen molar-refractivity contribution in [3.63, 3.8) is 0 Å². The molecule has 1 unspecified atom stereocenters. The number of hydrogen-bond donors (Lipinski definition) is 1. The van der Waals surface area contributed by atoms with Crippen molar-refractivity contribution in [2.45, 2.75) is 13.0 Å². The third-order valence-corrected chi connectivity index (χ3v) is 4.75. The molecule has 0 bridgehead atoms. The number of nitrogens with one attached hydrogen (secondary N) is 1. The molecule has 0 saturated carbocycles. The van der Waals surface area contributed by atoms with E-state index in [0.29, 0.717) is 23.1 Å². The average Bonchev–Trinajstić information content (AvgIpc) is 3.22. The number of rotatable bonds is 9. The molecule has 0 radical (unpaired) electrons. The van der Waals surface area contributed by atoms with Gasteiger partial charge in [-0.2, -0.15) is 0 Å². The van der Waals surface area contributed by atoms with Gasteiger partial charge in [-0.05, 0) is 42.3 Å². The predicted molar refractivity (Wildman–Crippen MR) is 119 cm³/mol. The van der Waals surface area contributed by atoms with Gasteiger partial charge in [-0.3, -0.25) is 4.79 Å². The molecule has 1 heterocycles. The summed E-state index contributed by atoms with van der Waals surface area (Å²) in [5, 5.41) is 3.01. The van der Waals surface area contributed by atoms with Crippen LogP contribution in [0.25, 0.3) is 6.08 Å². The third kappa shape index (κ3) is 5.45. The topological polar surface area (TPSA) is 74.6 Å². The number of nitrogens with zero attached hydrogens (tertiary/aromatic N) is 2. The molecule has 0 aliphatic rings. The molecule has 1 amide bonds. The van der Waals surface area contributed by atoms with Gasteiger partial charge in [0.1, 0.15) is 17.6 Å². The van der Waals surface area contributed by atoms with Crippen LogP contribution in [0.4, 0.5) is 0 Å². The van der Waals surface area contributed by atoms with Crippen LogP contribution in [-0.2, 0) is 11.8 Å². The van der Waals surface area contributed by atoms with Crippen LogP contribution >= 0.6 is 0 Å². The number of imidazole rings is 1. The number of aryl methyl sites for hydroxylation is 1. The van der Waals surface area contributed by atoms with E-state index in [2.05, 4.69) is 10.3 Å². The molecule has 1 atom stereocenters. The van der Waals surface area contributed by atoms with Crippen molar-refractivity contribution in [2.24, 2.45) is 7.05 Å². The number of ether oxygens (including phenoxy) is 3. The van der Waals surface area contributed by atoms with Gasteiger partial charge < -0.3 is 24.1 Å². The first-order valence-corrected chi connectivity index (χ1v) is 9.89. The predicted octanol–water partition coefficient (Wildman–Crippen LogP) is 3.76. The second-order valence-corrected chi connectivity index (χ2v) is 6.87. The van der Waals surface area contributed by atoms with Crippen molar-refractivity contribution in [2.75, 3.05) is 20.8 Å². The van der Waals surface area contributed by atoms with Crippen molar-refractivity contribution in [1.82, 2.24) is 14.9 Å². The quantitative estimate of drug-likeness (QED) is 0.570. The molecular formula is C24H27N3O4. The Morgan fingerprint density at radius 3 is 2.68 bits per heavy atom. The smallest absolute Gasteiger partial charge is 0.258 e. The van der Waals surface area contributed by atoms with Crippen molar-refractivity contribution in [3.8, 4) is 17.2 Å². The first-order chi connectivity index (χ1) is 15.0. The molecule has 3 aromatic rings. The van der Waals surface area contributed by atoms with E-state index in [1.54, 1.807) is 26.5 Å². The second kappa shape index (κ2) is 10.3. The minimum Gasteiger partial charge on any atom is -0.497 e.